The highest BCUT2D eigenvalue weighted by Crippen LogP contribution is 2.39. The van der Waals surface area contributed by atoms with Gasteiger partial charge < -0.3 is 14.9 Å². The molecule has 1 rings (SSSR count). The quantitative estimate of drug-likeness (QED) is 0.502. The molecule has 0 radical (unpaired) electrons. The lowest BCUT2D eigenvalue weighted by Crippen LogP contribution is -2.03. The monoisotopic (exact) mass is 188 g/mol. The van der Waals surface area contributed by atoms with Crippen molar-refractivity contribution < 1.29 is 24.5 Å². The molecule has 0 heterocycles. The molecular formula is C8H12O5. The highest BCUT2D eigenvalue weighted by molar-refractivity contribution is 5.76. The number of rotatable bonds is 2. The van der Waals surface area contributed by atoms with E-state index in [9.17, 15) is 4.79 Å². The van der Waals surface area contributed by atoms with Crippen LogP contribution in [0, 0.1) is 11.8 Å². The van der Waals surface area contributed by atoms with Crippen LogP contribution in [0.1, 0.15) is 6.42 Å². The molecule has 0 aliphatic heterocycles. The number of ether oxygens (including phenoxy) is 1. The van der Waals surface area contributed by atoms with Gasteiger partial charge in [-0.25, -0.2) is 4.79 Å². The van der Waals surface area contributed by atoms with Crippen LogP contribution in [0.3, 0.4) is 0 Å². The van der Waals surface area contributed by atoms with E-state index in [1.54, 1.807) is 0 Å². The Balaban J connectivity index is 0.000000310. The van der Waals surface area contributed by atoms with Gasteiger partial charge in [0.2, 0.25) is 0 Å². The standard InChI is InChI=1S/C7H10O2.CH2O3/c1-3-5-4-6(5)7(8)9-2;2-1(3)4/h3,5-6H,1,4H2,2H3;(H2,2,3,4). The molecule has 1 fully saturated rings. The van der Waals surface area contributed by atoms with Gasteiger partial charge in [0.15, 0.2) is 0 Å². The zero-order valence-corrected chi connectivity index (χ0v) is 7.27. The average Bonchev–Trinajstić information content (AvgIpc) is 2.80. The SMILES string of the molecule is C=CC1CC1C(=O)OC.O=C(O)O. The summed E-state index contributed by atoms with van der Waals surface area (Å²) < 4.78 is 4.52. The lowest BCUT2D eigenvalue weighted by molar-refractivity contribution is -0.142. The van der Waals surface area contributed by atoms with E-state index in [2.05, 4.69) is 11.3 Å². The van der Waals surface area contributed by atoms with Gasteiger partial charge in [-0.15, -0.1) is 6.58 Å². The van der Waals surface area contributed by atoms with Crippen LogP contribution >= 0.6 is 0 Å². The highest BCUT2D eigenvalue weighted by atomic mass is 16.6. The lowest BCUT2D eigenvalue weighted by atomic mass is 10.3. The molecular weight excluding hydrogens is 176 g/mol. The predicted molar refractivity (Wildman–Crippen MR) is 44.5 cm³/mol. The fourth-order valence-electron chi connectivity index (χ4n) is 0.898. The van der Waals surface area contributed by atoms with Gasteiger partial charge in [0.1, 0.15) is 0 Å². The molecule has 1 aliphatic rings. The van der Waals surface area contributed by atoms with E-state index in [0.717, 1.165) is 6.42 Å². The summed E-state index contributed by atoms with van der Waals surface area (Å²) in [7, 11) is 1.42. The molecule has 5 heteroatoms. The Bertz CT molecular complexity index is 207. The van der Waals surface area contributed by atoms with Gasteiger partial charge in [0.05, 0.1) is 13.0 Å². The van der Waals surface area contributed by atoms with Crippen molar-refractivity contribution in [2.45, 2.75) is 6.42 Å². The molecule has 0 aromatic heterocycles. The molecule has 2 N–H and O–H groups in total. The number of allylic oxidation sites excluding steroid dienone is 1. The molecule has 13 heavy (non-hydrogen) atoms. The summed E-state index contributed by atoms with van der Waals surface area (Å²) in [6, 6.07) is 0. The lowest BCUT2D eigenvalue weighted by Gasteiger charge is -1.92. The number of methoxy groups -OCH3 is 1. The van der Waals surface area contributed by atoms with Crippen LogP contribution in [-0.4, -0.2) is 29.4 Å². The van der Waals surface area contributed by atoms with Crippen molar-refractivity contribution in [2.24, 2.45) is 11.8 Å². The second-order valence-corrected chi connectivity index (χ2v) is 2.55. The Morgan fingerprint density at radius 1 is 1.54 bits per heavy atom. The average molecular weight is 188 g/mol. The third kappa shape index (κ3) is 4.84. The van der Waals surface area contributed by atoms with E-state index < -0.39 is 6.16 Å². The first-order chi connectivity index (χ1) is 6.02. The van der Waals surface area contributed by atoms with Crippen molar-refractivity contribution in [2.75, 3.05) is 7.11 Å². The van der Waals surface area contributed by atoms with E-state index in [-0.39, 0.29) is 11.9 Å². The predicted octanol–water partition coefficient (Wildman–Crippen LogP) is 1.20. The van der Waals surface area contributed by atoms with Crippen molar-refractivity contribution in [1.29, 1.82) is 0 Å². The van der Waals surface area contributed by atoms with Crippen LogP contribution in [0.15, 0.2) is 12.7 Å². The van der Waals surface area contributed by atoms with E-state index in [1.807, 2.05) is 6.08 Å². The number of esters is 1. The zero-order valence-electron chi connectivity index (χ0n) is 7.27. The molecule has 0 amide bonds. The van der Waals surface area contributed by atoms with Crippen molar-refractivity contribution in [1.82, 2.24) is 0 Å². The van der Waals surface area contributed by atoms with Crippen LogP contribution in [0.25, 0.3) is 0 Å². The van der Waals surface area contributed by atoms with Gasteiger partial charge in [-0.2, -0.15) is 0 Å². The van der Waals surface area contributed by atoms with Crippen molar-refractivity contribution in [3.05, 3.63) is 12.7 Å². The van der Waals surface area contributed by atoms with Crippen molar-refractivity contribution in [3.8, 4) is 0 Å². The summed E-state index contributed by atoms with van der Waals surface area (Å²) in [4.78, 5) is 19.2. The van der Waals surface area contributed by atoms with Gasteiger partial charge in [-0.05, 0) is 12.3 Å². The van der Waals surface area contributed by atoms with Gasteiger partial charge in [0.25, 0.3) is 0 Å². The van der Waals surface area contributed by atoms with Crippen LogP contribution in [0.4, 0.5) is 4.79 Å². The fourth-order valence-corrected chi connectivity index (χ4v) is 0.898. The van der Waals surface area contributed by atoms with Crippen LogP contribution in [0.5, 0.6) is 0 Å². The number of hydrogen-bond acceptors (Lipinski definition) is 3. The summed E-state index contributed by atoms with van der Waals surface area (Å²) in [5, 5.41) is 13.9. The molecule has 2 atom stereocenters. The molecule has 0 spiro atoms. The minimum absolute atomic E-state index is 0.0973. The first-order valence-corrected chi connectivity index (χ1v) is 3.65. The maximum atomic E-state index is 10.7. The third-order valence-corrected chi connectivity index (χ3v) is 1.65. The smallest absolute Gasteiger partial charge is 0.469 e. The van der Waals surface area contributed by atoms with E-state index in [0.29, 0.717) is 5.92 Å². The van der Waals surface area contributed by atoms with E-state index >= 15 is 0 Å². The summed E-state index contributed by atoms with van der Waals surface area (Å²) in [5.74, 6) is 0.407. The number of carboxylic acid groups (broad SMARTS) is 2. The molecule has 0 aromatic carbocycles. The Labute approximate surface area is 75.6 Å². The summed E-state index contributed by atoms with van der Waals surface area (Å²) in [6.07, 6.45) is 0.901. The minimum atomic E-state index is -1.83. The van der Waals surface area contributed by atoms with Gasteiger partial charge in [-0.3, -0.25) is 4.79 Å². The van der Waals surface area contributed by atoms with E-state index in [1.165, 1.54) is 7.11 Å². The Morgan fingerprint density at radius 3 is 2.23 bits per heavy atom. The van der Waals surface area contributed by atoms with Gasteiger partial charge >= 0.3 is 12.1 Å². The van der Waals surface area contributed by atoms with Crippen molar-refractivity contribution >= 4 is 12.1 Å². The first kappa shape index (κ1) is 11.5. The molecule has 0 saturated heterocycles. The maximum Gasteiger partial charge on any atom is 0.503 e. The van der Waals surface area contributed by atoms with Crippen LogP contribution in [-0.2, 0) is 9.53 Å². The van der Waals surface area contributed by atoms with Crippen LogP contribution in [0.2, 0.25) is 0 Å². The first-order valence-electron chi connectivity index (χ1n) is 3.65. The molecule has 5 nitrogen and oxygen atoms in total. The van der Waals surface area contributed by atoms with Gasteiger partial charge in [-0.1, -0.05) is 6.08 Å². The van der Waals surface area contributed by atoms with E-state index in [4.69, 9.17) is 15.0 Å². The third-order valence-electron chi connectivity index (χ3n) is 1.65. The summed E-state index contributed by atoms with van der Waals surface area (Å²) in [5.41, 5.74) is 0. The normalized spacial score (nSPS) is 23.5. The molecule has 74 valence electrons. The molecule has 1 saturated carbocycles. The Kier molecular flexibility index (Phi) is 4.58. The molecule has 1 aliphatic carbocycles. The number of carbonyl (C=O) groups excluding carboxylic acids is 1. The molecule has 0 aromatic rings. The fraction of sp³-hybridized carbons (Fsp3) is 0.500. The minimum Gasteiger partial charge on any atom is -0.469 e. The van der Waals surface area contributed by atoms with Crippen LogP contribution < -0.4 is 0 Å². The largest absolute Gasteiger partial charge is 0.503 e. The summed E-state index contributed by atoms with van der Waals surface area (Å²) >= 11 is 0. The van der Waals surface area contributed by atoms with Gasteiger partial charge in [0, 0.05) is 0 Å². The zero-order chi connectivity index (χ0) is 10.4. The second kappa shape index (κ2) is 5.18. The molecule has 2 unspecified atom stereocenters. The molecule has 0 bridgehead atoms. The highest BCUT2D eigenvalue weighted by Gasteiger charge is 2.41. The number of carbonyl (C=O) groups is 2. The van der Waals surface area contributed by atoms with Crippen molar-refractivity contribution in [3.63, 3.8) is 0 Å². The second-order valence-electron chi connectivity index (χ2n) is 2.55. The maximum absolute atomic E-state index is 10.7. The topological polar surface area (TPSA) is 83.8 Å². The number of hydrogen-bond donors (Lipinski definition) is 2. The summed E-state index contributed by atoms with van der Waals surface area (Å²) in [6.45, 7) is 3.58. The Hall–Kier alpha value is -1.52. The Morgan fingerprint density at radius 2 is 2.00 bits per heavy atom.